The van der Waals surface area contributed by atoms with Gasteiger partial charge in [-0.2, -0.15) is 0 Å². The molecule has 0 radical (unpaired) electrons. The molecule has 0 atom stereocenters. The van der Waals surface area contributed by atoms with E-state index >= 15 is 0 Å². The van der Waals surface area contributed by atoms with Crippen LogP contribution < -0.4 is 10.2 Å². The number of halogens is 2. The Balaban J connectivity index is 1.71. The second kappa shape index (κ2) is 7.78. The zero-order valence-electron chi connectivity index (χ0n) is 17.3. The number of benzene rings is 3. The van der Waals surface area contributed by atoms with Gasteiger partial charge < -0.3 is 15.1 Å². The molecular formula is C25H23F2N3O. The highest BCUT2D eigenvalue weighted by molar-refractivity contribution is 6.02. The molecule has 6 heteroatoms. The van der Waals surface area contributed by atoms with Crippen LogP contribution in [-0.4, -0.2) is 44.0 Å². The minimum absolute atomic E-state index is 0.169. The third-order valence-corrected chi connectivity index (χ3v) is 6.19. The van der Waals surface area contributed by atoms with Crippen molar-refractivity contribution in [1.29, 1.82) is 0 Å². The van der Waals surface area contributed by atoms with Crippen molar-refractivity contribution in [3.8, 4) is 22.3 Å². The number of rotatable bonds is 3. The van der Waals surface area contributed by atoms with E-state index in [1.54, 1.807) is 6.07 Å². The second-order valence-corrected chi connectivity index (χ2v) is 8.17. The van der Waals surface area contributed by atoms with Crippen molar-refractivity contribution in [3.63, 3.8) is 0 Å². The summed E-state index contributed by atoms with van der Waals surface area (Å²) in [5.74, 6) is -1.44. The molecule has 3 aromatic rings. The van der Waals surface area contributed by atoms with Crippen LogP contribution in [0.2, 0.25) is 0 Å². The third kappa shape index (κ3) is 3.57. The number of piperazine rings is 1. The van der Waals surface area contributed by atoms with E-state index in [1.807, 2.05) is 24.3 Å². The Hall–Kier alpha value is -3.25. The lowest BCUT2D eigenvalue weighted by Crippen LogP contribution is -2.44. The number of anilines is 1. The molecule has 0 saturated carbocycles. The summed E-state index contributed by atoms with van der Waals surface area (Å²) >= 11 is 0. The van der Waals surface area contributed by atoms with Gasteiger partial charge in [-0.3, -0.25) is 4.79 Å². The van der Waals surface area contributed by atoms with Gasteiger partial charge in [-0.15, -0.1) is 0 Å². The lowest BCUT2D eigenvalue weighted by molar-refractivity contribution is 0.0966. The van der Waals surface area contributed by atoms with E-state index in [0.29, 0.717) is 17.7 Å². The van der Waals surface area contributed by atoms with Crippen LogP contribution in [0.1, 0.15) is 15.9 Å². The van der Waals surface area contributed by atoms with Gasteiger partial charge in [0.2, 0.25) is 0 Å². The Kier molecular flexibility index (Phi) is 4.94. The molecule has 2 aliphatic rings. The Morgan fingerprint density at radius 2 is 1.55 bits per heavy atom. The first kappa shape index (κ1) is 19.7. The Bertz CT molecular complexity index is 1170. The SMILES string of the molecule is CN1CCN(c2ccccc2-c2cc3c(cc2-c2ccc(F)cc2F)C(=O)NC3)CC1. The molecule has 2 heterocycles. The molecule has 1 N–H and O–H groups in total. The first-order valence-electron chi connectivity index (χ1n) is 10.4. The van der Waals surface area contributed by atoms with Crippen LogP contribution in [0.15, 0.2) is 54.6 Å². The van der Waals surface area contributed by atoms with E-state index in [9.17, 15) is 13.6 Å². The van der Waals surface area contributed by atoms with Crippen LogP contribution in [-0.2, 0) is 6.54 Å². The lowest BCUT2D eigenvalue weighted by Gasteiger charge is -2.35. The standard InChI is InChI=1S/C25H23F2N3O/c1-29-8-10-30(11-9-29)24-5-3-2-4-19(24)21-12-16-15-28-25(31)20(16)14-22(21)18-7-6-17(26)13-23(18)27/h2-7,12-14H,8-11,15H2,1H3,(H,28,31). The van der Waals surface area contributed by atoms with E-state index in [-0.39, 0.29) is 11.5 Å². The number of para-hydroxylation sites is 1. The van der Waals surface area contributed by atoms with Gasteiger partial charge in [0.05, 0.1) is 0 Å². The molecule has 1 fully saturated rings. The topological polar surface area (TPSA) is 35.6 Å². The summed E-state index contributed by atoms with van der Waals surface area (Å²) in [5, 5.41) is 2.84. The predicted molar refractivity (Wildman–Crippen MR) is 118 cm³/mol. The average Bonchev–Trinajstić information content (AvgIpc) is 3.13. The molecule has 0 aromatic heterocycles. The van der Waals surface area contributed by atoms with Crippen LogP contribution in [0, 0.1) is 11.6 Å². The third-order valence-electron chi connectivity index (χ3n) is 6.19. The number of carbonyl (C=O) groups is 1. The van der Waals surface area contributed by atoms with E-state index < -0.39 is 11.6 Å². The maximum absolute atomic E-state index is 14.8. The fraction of sp³-hybridized carbons (Fsp3) is 0.240. The summed E-state index contributed by atoms with van der Waals surface area (Å²) in [4.78, 5) is 16.9. The molecular weight excluding hydrogens is 396 g/mol. The van der Waals surface area contributed by atoms with E-state index in [0.717, 1.165) is 54.6 Å². The highest BCUT2D eigenvalue weighted by Crippen LogP contribution is 2.41. The molecule has 1 saturated heterocycles. The number of carbonyl (C=O) groups excluding carboxylic acids is 1. The number of likely N-dealkylation sites (N-methyl/N-ethyl adjacent to an activating group) is 1. The smallest absolute Gasteiger partial charge is 0.251 e. The summed E-state index contributed by atoms with van der Waals surface area (Å²) < 4.78 is 28.4. The number of hydrogen-bond acceptors (Lipinski definition) is 3. The van der Waals surface area contributed by atoms with Crippen LogP contribution in [0.3, 0.4) is 0 Å². The normalized spacial score (nSPS) is 16.4. The molecule has 0 aliphatic carbocycles. The average molecular weight is 419 g/mol. The molecule has 2 aliphatic heterocycles. The van der Waals surface area contributed by atoms with Gasteiger partial charge >= 0.3 is 0 Å². The molecule has 3 aromatic carbocycles. The second-order valence-electron chi connectivity index (χ2n) is 8.17. The first-order chi connectivity index (χ1) is 15.0. The van der Waals surface area contributed by atoms with Gasteiger partial charge in [-0.05, 0) is 54.1 Å². The molecule has 1 amide bonds. The molecule has 31 heavy (non-hydrogen) atoms. The van der Waals surface area contributed by atoms with Crippen molar-refractivity contribution in [2.45, 2.75) is 6.54 Å². The zero-order valence-corrected chi connectivity index (χ0v) is 17.3. The van der Waals surface area contributed by atoms with E-state index in [1.165, 1.54) is 12.1 Å². The van der Waals surface area contributed by atoms with E-state index in [2.05, 4.69) is 28.2 Å². The van der Waals surface area contributed by atoms with Gasteiger partial charge in [0.1, 0.15) is 11.6 Å². The molecule has 0 bridgehead atoms. The minimum atomic E-state index is -0.642. The Morgan fingerprint density at radius 3 is 2.32 bits per heavy atom. The maximum Gasteiger partial charge on any atom is 0.251 e. The van der Waals surface area contributed by atoms with Crippen molar-refractivity contribution < 1.29 is 13.6 Å². The first-order valence-corrected chi connectivity index (χ1v) is 10.4. The van der Waals surface area contributed by atoms with Crippen molar-refractivity contribution in [1.82, 2.24) is 10.2 Å². The Labute approximate surface area is 180 Å². The highest BCUT2D eigenvalue weighted by atomic mass is 19.1. The maximum atomic E-state index is 14.8. The van der Waals surface area contributed by atoms with Crippen molar-refractivity contribution >= 4 is 11.6 Å². The van der Waals surface area contributed by atoms with Gasteiger partial charge in [0, 0.05) is 61.2 Å². The van der Waals surface area contributed by atoms with E-state index in [4.69, 9.17) is 0 Å². The largest absolute Gasteiger partial charge is 0.368 e. The van der Waals surface area contributed by atoms with Crippen LogP contribution in [0.5, 0.6) is 0 Å². The van der Waals surface area contributed by atoms with Crippen molar-refractivity contribution in [3.05, 3.63) is 77.4 Å². The van der Waals surface area contributed by atoms with Crippen LogP contribution in [0.4, 0.5) is 14.5 Å². The summed E-state index contributed by atoms with van der Waals surface area (Å²) in [6.45, 7) is 4.19. The summed E-state index contributed by atoms with van der Waals surface area (Å²) in [5.41, 5.74) is 5.21. The molecule has 0 spiro atoms. The van der Waals surface area contributed by atoms with Crippen LogP contribution >= 0.6 is 0 Å². The number of amides is 1. The van der Waals surface area contributed by atoms with Crippen molar-refractivity contribution in [2.24, 2.45) is 0 Å². The fourth-order valence-electron chi connectivity index (χ4n) is 4.45. The molecule has 158 valence electrons. The number of nitrogens with one attached hydrogen (secondary N) is 1. The van der Waals surface area contributed by atoms with Gasteiger partial charge in [0.15, 0.2) is 0 Å². The lowest BCUT2D eigenvalue weighted by atomic mass is 9.89. The zero-order chi connectivity index (χ0) is 21.5. The summed E-state index contributed by atoms with van der Waals surface area (Å²) in [6.07, 6.45) is 0. The van der Waals surface area contributed by atoms with Crippen LogP contribution in [0.25, 0.3) is 22.3 Å². The Morgan fingerprint density at radius 1 is 0.806 bits per heavy atom. The number of nitrogens with zero attached hydrogens (tertiary/aromatic N) is 2. The molecule has 5 rings (SSSR count). The molecule has 4 nitrogen and oxygen atoms in total. The monoisotopic (exact) mass is 419 g/mol. The highest BCUT2D eigenvalue weighted by Gasteiger charge is 2.25. The predicted octanol–water partition coefficient (Wildman–Crippen LogP) is 4.29. The van der Waals surface area contributed by atoms with Crippen molar-refractivity contribution in [2.75, 3.05) is 38.1 Å². The summed E-state index contributed by atoms with van der Waals surface area (Å²) in [7, 11) is 2.11. The van der Waals surface area contributed by atoms with Gasteiger partial charge in [-0.1, -0.05) is 18.2 Å². The van der Waals surface area contributed by atoms with Gasteiger partial charge in [-0.25, -0.2) is 8.78 Å². The summed E-state index contributed by atoms with van der Waals surface area (Å²) in [6, 6.07) is 15.4. The minimum Gasteiger partial charge on any atom is -0.368 e. The fourth-order valence-corrected chi connectivity index (χ4v) is 4.45. The number of hydrogen-bond donors (Lipinski definition) is 1. The van der Waals surface area contributed by atoms with Gasteiger partial charge in [0.25, 0.3) is 5.91 Å². The number of fused-ring (bicyclic) bond motifs is 1. The quantitative estimate of drug-likeness (QED) is 0.688. The molecule has 0 unspecified atom stereocenters.